The first-order valence-electron chi connectivity index (χ1n) is 7.96. The number of H-pyrrole nitrogens is 1. The van der Waals surface area contributed by atoms with Crippen molar-refractivity contribution in [3.8, 4) is 0 Å². The molecule has 1 aromatic carbocycles. The van der Waals surface area contributed by atoms with E-state index < -0.39 is 18.2 Å². The monoisotopic (exact) mass is 413 g/mol. The highest BCUT2D eigenvalue weighted by atomic mass is 19.4. The summed E-state index contributed by atoms with van der Waals surface area (Å²) in [6.07, 6.45) is -1.91. The minimum absolute atomic E-state index is 0.232. The van der Waals surface area contributed by atoms with E-state index in [1.54, 1.807) is 30.6 Å². The molecule has 1 amide bonds. The van der Waals surface area contributed by atoms with Crippen molar-refractivity contribution in [1.29, 1.82) is 0 Å². The number of carboxylic acids is 1. The summed E-state index contributed by atoms with van der Waals surface area (Å²) in [7, 11) is 0. The largest absolute Gasteiger partial charge is 0.490 e. The number of amides is 1. The van der Waals surface area contributed by atoms with Gasteiger partial charge in [-0.25, -0.2) is 14.2 Å². The molecule has 8 nitrogen and oxygen atoms in total. The molecule has 3 aromatic rings. The second-order valence-corrected chi connectivity index (χ2v) is 5.70. The van der Waals surface area contributed by atoms with Crippen LogP contribution in [0, 0.1) is 5.82 Å². The van der Waals surface area contributed by atoms with E-state index in [9.17, 15) is 22.4 Å². The van der Waals surface area contributed by atoms with Crippen molar-refractivity contribution in [3.05, 3.63) is 59.8 Å². The van der Waals surface area contributed by atoms with Crippen LogP contribution in [0.3, 0.4) is 0 Å². The molecule has 0 aliphatic heterocycles. The third-order valence-electron chi connectivity index (χ3n) is 3.58. The van der Waals surface area contributed by atoms with Gasteiger partial charge in [-0.15, -0.1) is 0 Å². The van der Waals surface area contributed by atoms with E-state index in [1.165, 1.54) is 12.1 Å². The Morgan fingerprint density at radius 3 is 2.41 bits per heavy atom. The van der Waals surface area contributed by atoms with Crippen LogP contribution >= 0.6 is 0 Å². The van der Waals surface area contributed by atoms with Crippen LogP contribution in [0.4, 0.5) is 17.6 Å². The van der Waals surface area contributed by atoms with Gasteiger partial charge in [-0.3, -0.25) is 9.89 Å². The minimum Gasteiger partial charge on any atom is -0.475 e. The fraction of sp³-hybridized carbons (Fsp3) is 0.176. The molecule has 0 aliphatic rings. The molecule has 5 N–H and O–H groups in total. The summed E-state index contributed by atoms with van der Waals surface area (Å²) < 4.78 is 44.6. The maximum Gasteiger partial charge on any atom is 0.490 e. The Kier molecular flexibility index (Phi) is 6.83. The lowest BCUT2D eigenvalue weighted by Crippen LogP contribution is -2.32. The van der Waals surface area contributed by atoms with Crippen LogP contribution in [0.1, 0.15) is 22.1 Å². The van der Waals surface area contributed by atoms with E-state index in [2.05, 4.69) is 20.5 Å². The van der Waals surface area contributed by atoms with E-state index in [0.717, 1.165) is 16.5 Å². The number of pyridine rings is 1. The number of fused-ring (bicyclic) bond motifs is 1. The highest BCUT2D eigenvalue weighted by Gasteiger charge is 2.38. The van der Waals surface area contributed by atoms with Gasteiger partial charge in [0.05, 0.1) is 17.9 Å². The number of alkyl halides is 3. The molecule has 29 heavy (non-hydrogen) atoms. The van der Waals surface area contributed by atoms with E-state index in [-0.39, 0.29) is 18.3 Å². The summed E-state index contributed by atoms with van der Waals surface area (Å²) in [5.74, 6) is -3.40. The number of nitrogens with zero attached hydrogens (tertiary/aromatic N) is 2. The number of halogens is 4. The van der Waals surface area contributed by atoms with Gasteiger partial charge in [0.1, 0.15) is 11.5 Å². The van der Waals surface area contributed by atoms with Crippen molar-refractivity contribution in [1.82, 2.24) is 20.5 Å². The number of carbonyl (C=O) groups is 2. The summed E-state index contributed by atoms with van der Waals surface area (Å²) in [6, 6.07) is 7.11. The highest BCUT2D eigenvalue weighted by molar-refractivity contribution is 5.95. The number of hydrogen-bond acceptors (Lipinski definition) is 5. The van der Waals surface area contributed by atoms with Crippen LogP contribution in [0.15, 0.2) is 42.7 Å². The lowest BCUT2D eigenvalue weighted by atomic mass is 10.1. The number of aromatic nitrogens is 3. The Morgan fingerprint density at radius 2 is 1.83 bits per heavy atom. The second kappa shape index (κ2) is 9.10. The molecular formula is C17H15F4N5O3. The Labute approximate surface area is 160 Å². The van der Waals surface area contributed by atoms with Gasteiger partial charge < -0.3 is 16.2 Å². The SMILES string of the molecule is NC(CNC(=O)c1cc2cn[nH]c2cn1)c1ccc(F)cc1.O=C(O)C(F)(F)F. The molecule has 0 radical (unpaired) electrons. The average Bonchev–Trinajstić information content (AvgIpc) is 3.14. The first-order chi connectivity index (χ1) is 13.6. The lowest BCUT2D eigenvalue weighted by molar-refractivity contribution is -0.192. The quantitative estimate of drug-likeness (QED) is 0.485. The number of carboxylic acid groups (broad SMARTS) is 1. The number of nitrogens with two attached hydrogens (primary N) is 1. The molecule has 0 spiro atoms. The Hall–Kier alpha value is -3.54. The van der Waals surface area contributed by atoms with Crippen molar-refractivity contribution >= 4 is 22.8 Å². The van der Waals surface area contributed by atoms with Gasteiger partial charge in [-0.05, 0) is 23.8 Å². The van der Waals surface area contributed by atoms with Crippen molar-refractivity contribution in [2.24, 2.45) is 5.73 Å². The van der Waals surface area contributed by atoms with Crippen LogP contribution in [-0.2, 0) is 4.79 Å². The van der Waals surface area contributed by atoms with E-state index in [1.807, 2.05) is 0 Å². The molecule has 0 saturated carbocycles. The van der Waals surface area contributed by atoms with Crippen LogP contribution in [-0.4, -0.2) is 44.9 Å². The predicted octanol–water partition coefficient (Wildman–Crippen LogP) is 2.16. The van der Waals surface area contributed by atoms with Gasteiger partial charge in [0.15, 0.2) is 0 Å². The fourth-order valence-corrected chi connectivity index (χ4v) is 2.09. The van der Waals surface area contributed by atoms with Gasteiger partial charge in [0.2, 0.25) is 0 Å². The average molecular weight is 413 g/mol. The smallest absolute Gasteiger partial charge is 0.475 e. The van der Waals surface area contributed by atoms with Gasteiger partial charge in [0, 0.05) is 18.0 Å². The zero-order valence-corrected chi connectivity index (χ0v) is 14.6. The van der Waals surface area contributed by atoms with Crippen molar-refractivity contribution in [2.45, 2.75) is 12.2 Å². The first kappa shape index (κ1) is 21.8. The minimum atomic E-state index is -5.08. The Morgan fingerprint density at radius 1 is 1.21 bits per heavy atom. The Balaban J connectivity index is 0.000000370. The maximum absolute atomic E-state index is 12.9. The summed E-state index contributed by atoms with van der Waals surface area (Å²) >= 11 is 0. The standard InChI is InChI=1S/C15H14FN5O.C2HF3O2/c16-11-3-1-9(2-4-11)12(17)7-19-15(22)13-5-10-6-20-21-14(10)8-18-13;3-2(4,5)1(6)7/h1-6,8,12H,7,17H2,(H,19,22)(H,20,21);(H,6,7). The molecule has 12 heteroatoms. The zero-order chi connectivity index (χ0) is 21.6. The topological polar surface area (TPSA) is 134 Å². The Bertz CT molecular complexity index is 989. The molecule has 154 valence electrons. The number of carbonyl (C=O) groups excluding carboxylic acids is 1. The summed E-state index contributed by atoms with van der Waals surface area (Å²) in [5.41, 5.74) is 7.78. The highest BCUT2D eigenvalue weighted by Crippen LogP contribution is 2.13. The number of aliphatic carboxylic acids is 1. The van der Waals surface area contributed by atoms with Crippen molar-refractivity contribution < 1.29 is 32.3 Å². The van der Waals surface area contributed by atoms with Crippen molar-refractivity contribution in [2.75, 3.05) is 6.54 Å². The zero-order valence-electron chi connectivity index (χ0n) is 14.6. The molecule has 1 atom stereocenters. The molecule has 0 saturated heterocycles. The molecule has 0 fully saturated rings. The fourth-order valence-electron chi connectivity index (χ4n) is 2.09. The van der Waals surface area contributed by atoms with Crippen LogP contribution in [0.25, 0.3) is 10.9 Å². The van der Waals surface area contributed by atoms with Crippen LogP contribution in [0.5, 0.6) is 0 Å². The van der Waals surface area contributed by atoms with E-state index in [0.29, 0.717) is 5.69 Å². The van der Waals surface area contributed by atoms with E-state index >= 15 is 0 Å². The normalized spacial score (nSPS) is 12.0. The summed E-state index contributed by atoms with van der Waals surface area (Å²) in [4.78, 5) is 25.0. The van der Waals surface area contributed by atoms with Gasteiger partial charge in [-0.1, -0.05) is 12.1 Å². The maximum atomic E-state index is 12.9. The molecule has 1 unspecified atom stereocenters. The summed E-state index contributed by atoms with van der Waals surface area (Å²) in [5, 5.41) is 17.3. The predicted molar refractivity (Wildman–Crippen MR) is 93.2 cm³/mol. The molecule has 0 bridgehead atoms. The molecule has 0 aliphatic carbocycles. The molecule has 2 heterocycles. The number of nitrogens with one attached hydrogen (secondary N) is 2. The van der Waals surface area contributed by atoms with Gasteiger partial charge in [0.25, 0.3) is 5.91 Å². The number of aromatic amines is 1. The molecule has 3 rings (SSSR count). The van der Waals surface area contributed by atoms with Gasteiger partial charge >= 0.3 is 12.1 Å². The lowest BCUT2D eigenvalue weighted by Gasteiger charge is -2.13. The first-order valence-corrected chi connectivity index (χ1v) is 7.96. The molecule has 2 aromatic heterocycles. The number of hydrogen-bond donors (Lipinski definition) is 4. The molecular weight excluding hydrogens is 398 g/mol. The second-order valence-electron chi connectivity index (χ2n) is 5.70. The number of rotatable bonds is 4. The van der Waals surface area contributed by atoms with Crippen molar-refractivity contribution in [3.63, 3.8) is 0 Å². The third kappa shape index (κ3) is 6.24. The van der Waals surface area contributed by atoms with Crippen LogP contribution in [0.2, 0.25) is 0 Å². The van der Waals surface area contributed by atoms with E-state index in [4.69, 9.17) is 15.6 Å². The summed E-state index contributed by atoms with van der Waals surface area (Å²) in [6.45, 7) is 0.232. The van der Waals surface area contributed by atoms with Crippen LogP contribution < -0.4 is 11.1 Å². The van der Waals surface area contributed by atoms with Gasteiger partial charge in [-0.2, -0.15) is 18.3 Å². The third-order valence-corrected chi connectivity index (χ3v) is 3.58. The number of benzene rings is 1.